The zero-order valence-electron chi connectivity index (χ0n) is 4.88. The SMILES string of the molecule is [N-]=Nc1cc(F)cc(F)c1. The largest absolute Gasteiger partial charge is 0.706 e. The molecule has 0 amide bonds. The van der Waals surface area contributed by atoms with Gasteiger partial charge in [-0.05, 0) is 12.1 Å². The average Bonchev–Trinajstić information content (AvgIpc) is 1.85. The lowest BCUT2D eigenvalue weighted by Gasteiger charge is -1.96. The van der Waals surface area contributed by atoms with Gasteiger partial charge in [0.1, 0.15) is 11.6 Å². The Morgan fingerprint density at radius 3 is 2.00 bits per heavy atom. The number of hydrogen-bond donors (Lipinski definition) is 0. The molecule has 0 aliphatic rings. The van der Waals surface area contributed by atoms with Crippen LogP contribution in [0.25, 0.3) is 5.53 Å². The summed E-state index contributed by atoms with van der Waals surface area (Å²) in [6.45, 7) is 0. The summed E-state index contributed by atoms with van der Waals surface area (Å²) in [7, 11) is 0. The van der Waals surface area contributed by atoms with Crippen LogP contribution in [-0.2, 0) is 0 Å². The third-order valence-electron chi connectivity index (χ3n) is 0.963. The summed E-state index contributed by atoms with van der Waals surface area (Å²) in [4.78, 5) is 0. The van der Waals surface area contributed by atoms with Crippen molar-refractivity contribution in [3.05, 3.63) is 35.4 Å². The third kappa shape index (κ3) is 1.34. The highest BCUT2D eigenvalue weighted by atomic mass is 19.1. The molecule has 10 heavy (non-hydrogen) atoms. The molecule has 0 heterocycles. The van der Waals surface area contributed by atoms with Crippen LogP contribution in [-0.4, -0.2) is 0 Å². The quantitative estimate of drug-likeness (QED) is 0.539. The second-order valence-corrected chi connectivity index (χ2v) is 1.73. The third-order valence-corrected chi connectivity index (χ3v) is 0.963. The van der Waals surface area contributed by atoms with Gasteiger partial charge in [-0.1, -0.05) is 0 Å². The molecule has 1 rings (SSSR count). The summed E-state index contributed by atoms with van der Waals surface area (Å²) >= 11 is 0. The molecule has 4 heteroatoms. The molecule has 0 spiro atoms. The number of halogens is 2. The Kier molecular flexibility index (Phi) is 1.71. The highest BCUT2D eigenvalue weighted by Crippen LogP contribution is 2.15. The maximum atomic E-state index is 12.2. The first-order chi connectivity index (χ1) is 4.72. The van der Waals surface area contributed by atoms with E-state index < -0.39 is 11.6 Å². The lowest BCUT2D eigenvalue weighted by molar-refractivity contribution is 0.584. The summed E-state index contributed by atoms with van der Waals surface area (Å²) in [5.74, 6) is -1.51. The van der Waals surface area contributed by atoms with E-state index in [1.807, 2.05) is 0 Å². The van der Waals surface area contributed by atoms with E-state index in [4.69, 9.17) is 5.53 Å². The fourth-order valence-corrected chi connectivity index (χ4v) is 0.597. The standard InChI is InChI=1S/C6H3F2N2/c7-4-1-5(8)3-6(2-4)10-9/h1-3H/q-1. The minimum atomic E-state index is -0.757. The first-order valence-electron chi connectivity index (χ1n) is 2.53. The maximum absolute atomic E-state index is 12.2. The van der Waals surface area contributed by atoms with E-state index in [0.717, 1.165) is 12.1 Å². The molecule has 0 atom stereocenters. The summed E-state index contributed by atoms with van der Waals surface area (Å²) in [5.41, 5.74) is 7.95. The van der Waals surface area contributed by atoms with Gasteiger partial charge in [0.15, 0.2) is 0 Å². The summed E-state index contributed by atoms with van der Waals surface area (Å²) in [5, 5.41) is 2.61. The van der Waals surface area contributed by atoms with Crippen molar-refractivity contribution in [1.29, 1.82) is 0 Å². The van der Waals surface area contributed by atoms with Gasteiger partial charge in [-0.15, -0.1) is 0 Å². The van der Waals surface area contributed by atoms with Gasteiger partial charge in [-0.3, -0.25) is 0 Å². The minimum absolute atomic E-state index is 0.127. The van der Waals surface area contributed by atoms with E-state index >= 15 is 0 Å². The van der Waals surface area contributed by atoms with Crippen LogP contribution in [0.2, 0.25) is 0 Å². The predicted molar refractivity (Wildman–Crippen MR) is 31.8 cm³/mol. The Morgan fingerprint density at radius 1 is 1.10 bits per heavy atom. The van der Waals surface area contributed by atoms with E-state index in [0.29, 0.717) is 6.07 Å². The molecule has 0 saturated carbocycles. The van der Waals surface area contributed by atoms with Gasteiger partial charge >= 0.3 is 0 Å². The summed E-state index contributed by atoms with van der Waals surface area (Å²) in [6, 6.07) is 2.54. The molecule has 0 aliphatic carbocycles. The van der Waals surface area contributed by atoms with Gasteiger partial charge in [-0.2, -0.15) is 0 Å². The molecule has 2 nitrogen and oxygen atoms in total. The first-order valence-corrected chi connectivity index (χ1v) is 2.53. The van der Waals surface area contributed by atoms with Gasteiger partial charge < -0.3 is 10.6 Å². The average molecular weight is 141 g/mol. The van der Waals surface area contributed by atoms with Crippen molar-refractivity contribution in [2.75, 3.05) is 0 Å². The molecule has 1 aromatic carbocycles. The molecule has 0 aliphatic heterocycles. The molecule has 0 radical (unpaired) electrons. The minimum Gasteiger partial charge on any atom is -0.706 e. The van der Waals surface area contributed by atoms with Gasteiger partial charge in [0.05, 0.1) is 0 Å². The Bertz CT molecular complexity index is 240. The van der Waals surface area contributed by atoms with Crippen molar-refractivity contribution in [3.8, 4) is 0 Å². The van der Waals surface area contributed by atoms with Crippen molar-refractivity contribution in [1.82, 2.24) is 0 Å². The van der Waals surface area contributed by atoms with Crippen LogP contribution in [0, 0.1) is 11.6 Å². The van der Waals surface area contributed by atoms with Crippen LogP contribution >= 0.6 is 0 Å². The molecule has 0 bridgehead atoms. The molecule has 0 unspecified atom stereocenters. The monoisotopic (exact) mass is 141 g/mol. The van der Waals surface area contributed by atoms with Crippen molar-refractivity contribution in [3.63, 3.8) is 0 Å². The number of benzene rings is 1. The maximum Gasteiger partial charge on any atom is 0.128 e. The predicted octanol–water partition coefficient (Wildman–Crippen LogP) is 2.62. The van der Waals surface area contributed by atoms with Gasteiger partial charge in [0.2, 0.25) is 0 Å². The van der Waals surface area contributed by atoms with Crippen LogP contribution in [0.3, 0.4) is 0 Å². The molecule has 0 N–H and O–H groups in total. The van der Waals surface area contributed by atoms with Crippen molar-refractivity contribution in [2.45, 2.75) is 0 Å². The van der Waals surface area contributed by atoms with Crippen LogP contribution in [0.15, 0.2) is 23.3 Å². The second-order valence-electron chi connectivity index (χ2n) is 1.73. The smallest absolute Gasteiger partial charge is 0.128 e. The number of rotatable bonds is 1. The van der Waals surface area contributed by atoms with E-state index in [1.165, 1.54) is 0 Å². The summed E-state index contributed by atoms with van der Waals surface area (Å²) in [6.07, 6.45) is 0. The molecule has 0 aromatic heterocycles. The van der Waals surface area contributed by atoms with Crippen molar-refractivity contribution < 1.29 is 8.78 Å². The Morgan fingerprint density at radius 2 is 1.60 bits per heavy atom. The molecular formula is C6H3F2N2-. The Hall–Kier alpha value is -1.32. The fraction of sp³-hybridized carbons (Fsp3) is 0. The van der Waals surface area contributed by atoms with E-state index in [1.54, 1.807) is 0 Å². The van der Waals surface area contributed by atoms with Gasteiger partial charge in [0.25, 0.3) is 0 Å². The van der Waals surface area contributed by atoms with Crippen LogP contribution in [0.5, 0.6) is 0 Å². The lowest BCUT2D eigenvalue weighted by atomic mass is 10.3. The Labute approximate surface area is 56.0 Å². The highest BCUT2D eigenvalue weighted by molar-refractivity contribution is 5.36. The summed E-state index contributed by atoms with van der Waals surface area (Å²) < 4.78 is 24.4. The van der Waals surface area contributed by atoms with E-state index in [9.17, 15) is 8.78 Å². The lowest BCUT2D eigenvalue weighted by Crippen LogP contribution is -1.76. The zero-order chi connectivity index (χ0) is 7.56. The topological polar surface area (TPSA) is 34.7 Å². The molecule has 1 aromatic rings. The Balaban J connectivity index is 3.18. The molecule has 0 saturated heterocycles. The fourth-order valence-electron chi connectivity index (χ4n) is 0.597. The van der Waals surface area contributed by atoms with E-state index in [2.05, 4.69) is 5.11 Å². The van der Waals surface area contributed by atoms with Crippen LogP contribution in [0.4, 0.5) is 14.5 Å². The number of nitrogens with zero attached hydrogens (tertiary/aromatic N) is 2. The van der Waals surface area contributed by atoms with Gasteiger partial charge in [-0.25, -0.2) is 8.78 Å². The van der Waals surface area contributed by atoms with Crippen molar-refractivity contribution in [2.24, 2.45) is 5.11 Å². The normalized spacial score (nSPS) is 9.40. The molecule has 0 fully saturated rings. The highest BCUT2D eigenvalue weighted by Gasteiger charge is 1.95. The van der Waals surface area contributed by atoms with Crippen molar-refractivity contribution >= 4 is 5.69 Å². The van der Waals surface area contributed by atoms with Crippen LogP contribution in [0.1, 0.15) is 0 Å². The molecule has 52 valence electrons. The van der Waals surface area contributed by atoms with E-state index in [-0.39, 0.29) is 5.69 Å². The second kappa shape index (κ2) is 2.51. The zero-order valence-corrected chi connectivity index (χ0v) is 4.88. The van der Waals surface area contributed by atoms with Crippen LogP contribution < -0.4 is 0 Å². The number of hydrogen-bond acceptors (Lipinski definition) is 1. The first kappa shape index (κ1) is 6.80. The van der Waals surface area contributed by atoms with Gasteiger partial charge in [0, 0.05) is 11.8 Å². The molecular weight excluding hydrogens is 138 g/mol.